The number of nitrogens with zero attached hydrogens (tertiary/aromatic N) is 2. The number of methoxy groups -OCH3 is 1. The maximum Gasteiger partial charge on any atom is 0.269 e. The van der Waals surface area contributed by atoms with E-state index in [9.17, 15) is 14.9 Å². The van der Waals surface area contributed by atoms with E-state index in [0.717, 1.165) is 11.3 Å². The summed E-state index contributed by atoms with van der Waals surface area (Å²) in [7, 11) is 1.58. The number of hydrogen-bond acceptors (Lipinski definition) is 5. The molecule has 0 aliphatic carbocycles. The highest BCUT2D eigenvalue weighted by molar-refractivity contribution is 6.01. The summed E-state index contributed by atoms with van der Waals surface area (Å²) in [4.78, 5) is 25.0. The van der Waals surface area contributed by atoms with Gasteiger partial charge in [0.2, 0.25) is 5.91 Å². The smallest absolute Gasteiger partial charge is 0.269 e. The van der Waals surface area contributed by atoms with Crippen LogP contribution in [-0.2, 0) is 19.9 Å². The Bertz CT molecular complexity index is 910. The van der Waals surface area contributed by atoms with Gasteiger partial charge in [-0.1, -0.05) is 36.4 Å². The molecule has 27 heavy (non-hydrogen) atoms. The van der Waals surface area contributed by atoms with Gasteiger partial charge in [0.25, 0.3) is 5.69 Å². The Balaban J connectivity index is 1.80. The van der Waals surface area contributed by atoms with Crippen LogP contribution in [0.3, 0.4) is 0 Å². The van der Waals surface area contributed by atoms with Gasteiger partial charge in [0.15, 0.2) is 6.29 Å². The van der Waals surface area contributed by atoms with Crippen LogP contribution in [0.1, 0.15) is 18.4 Å². The molecule has 7 nitrogen and oxygen atoms in total. The Kier molecular flexibility index (Phi) is 4.25. The summed E-state index contributed by atoms with van der Waals surface area (Å²) in [5, 5.41) is 10.9. The summed E-state index contributed by atoms with van der Waals surface area (Å²) in [5.41, 5.74) is 1.22. The van der Waals surface area contributed by atoms with E-state index in [1.54, 1.807) is 24.1 Å². The third-order valence-corrected chi connectivity index (χ3v) is 4.96. The summed E-state index contributed by atoms with van der Waals surface area (Å²) in [6.45, 7) is 0. The number of nitro benzene ring substituents is 1. The van der Waals surface area contributed by atoms with Crippen molar-refractivity contribution in [3.8, 4) is 0 Å². The topological polar surface area (TPSA) is 81.9 Å². The minimum atomic E-state index is -0.932. The van der Waals surface area contributed by atoms with E-state index < -0.39 is 16.8 Å². The molecule has 2 aliphatic rings. The molecule has 2 aliphatic heterocycles. The second-order valence-corrected chi connectivity index (χ2v) is 6.48. The summed E-state index contributed by atoms with van der Waals surface area (Å²) < 4.78 is 11.6. The zero-order valence-electron chi connectivity index (χ0n) is 14.7. The zero-order valence-corrected chi connectivity index (χ0v) is 14.7. The molecule has 1 fully saturated rings. The van der Waals surface area contributed by atoms with Crippen molar-refractivity contribution in [2.24, 2.45) is 0 Å². The minimum absolute atomic E-state index is 0.0203. The number of anilines is 1. The van der Waals surface area contributed by atoms with Crippen LogP contribution in [0.5, 0.6) is 0 Å². The van der Waals surface area contributed by atoms with E-state index in [1.807, 2.05) is 36.4 Å². The lowest BCUT2D eigenvalue weighted by Crippen LogP contribution is -2.39. The zero-order chi connectivity index (χ0) is 19.0. The van der Waals surface area contributed by atoms with E-state index in [4.69, 9.17) is 9.47 Å². The Morgan fingerprint density at radius 2 is 1.89 bits per heavy atom. The van der Waals surface area contributed by atoms with E-state index in [-0.39, 0.29) is 18.0 Å². The van der Waals surface area contributed by atoms with Crippen LogP contribution < -0.4 is 4.90 Å². The number of rotatable bonds is 4. The van der Waals surface area contributed by atoms with Crippen LogP contribution in [0.2, 0.25) is 0 Å². The van der Waals surface area contributed by atoms with Crippen molar-refractivity contribution >= 4 is 17.3 Å². The van der Waals surface area contributed by atoms with Crippen LogP contribution in [0.15, 0.2) is 66.4 Å². The fourth-order valence-electron chi connectivity index (χ4n) is 3.71. The van der Waals surface area contributed by atoms with Crippen molar-refractivity contribution < 1.29 is 19.2 Å². The van der Waals surface area contributed by atoms with Gasteiger partial charge < -0.3 is 9.47 Å². The molecule has 2 aromatic carbocycles. The minimum Gasteiger partial charge on any atom is -0.356 e. The Morgan fingerprint density at radius 1 is 1.19 bits per heavy atom. The molecule has 2 atom stereocenters. The molecule has 4 rings (SSSR count). The molecule has 0 aromatic heterocycles. The lowest BCUT2D eigenvalue weighted by Gasteiger charge is -2.38. The Morgan fingerprint density at radius 3 is 2.52 bits per heavy atom. The van der Waals surface area contributed by atoms with Crippen molar-refractivity contribution in [3.05, 3.63) is 82.0 Å². The van der Waals surface area contributed by atoms with Gasteiger partial charge in [-0.3, -0.25) is 19.8 Å². The lowest BCUT2D eigenvalue weighted by molar-refractivity contribution is -0.384. The summed E-state index contributed by atoms with van der Waals surface area (Å²) >= 11 is 0. The third kappa shape index (κ3) is 2.81. The van der Waals surface area contributed by atoms with E-state index in [2.05, 4.69) is 0 Å². The molecule has 0 unspecified atom stereocenters. The highest BCUT2D eigenvalue weighted by Gasteiger charge is 2.53. The monoisotopic (exact) mass is 366 g/mol. The maximum absolute atomic E-state index is 13.0. The highest BCUT2D eigenvalue weighted by Crippen LogP contribution is 2.50. The van der Waals surface area contributed by atoms with Crippen molar-refractivity contribution in [1.29, 1.82) is 0 Å². The predicted octanol–water partition coefficient (Wildman–Crippen LogP) is 3.50. The summed E-state index contributed by atoms with van der Waals surface area (Å²) in [6.07, 6.45) is 2.16. The fourth-order valence-corrected chi connectivity index (χ4v) is 3.71. The number of nitro groups is 1. The van der Waals surface area contributed by atoms with E-state index in [1.165, 1.54) is 12.1 Å². The average Bonchev–Trinajstić information content (AvgIpc) is 3.00. The molecule has 0 spiro atoms. The molecule has 7 heteroatoms. The molecule has 1 saturated heterocycles. The molecule has 0 saturated carbocycles. The van der Waals surface area contributed by atoms with Crippen LogP contribution >= 0.6 is 0 Å². The molecule has 2 heterocycles. The van der Waals surface area contributed by atoms with Gasteiger partial charge >= 0.3 is 0 Å². The average molecular weight is 366 g/mol. The standard InChI is InChI=1S/C20H18N2O5/c1-26-19-12-11-17-20(27-19,14-5-3-2-4-6-14)13-18(23)21(17)15-7-9-16(10-8-15)22(24)25/h2-11,19H,12-13H2,1H3/t19-,20+/m0/s1. The molecular weight excluding hydrogens is 348 g/mol. The first-order valence-corrected chi connectivity index (χ1v) is 8.59. The molecule has 0 radical (unpaired) electrons. The number of carbonyl (C=O) groups is 1. The van der Waals surface area contributed by atoms with Crippen molar-refractivity contribution in [2.75, 3.05) is 12.0 Å². The molecule has 1 amide bonds. The number of carbonyl (C=O) groups excluding carboxylic acids is 1. The molecular formula is C20H18N2O5. The third-order valence-electron chi connectivity index (χ3n) is 4.96. The number of hydrogen-bond donors (Lipinski definition) is 0. The van der Waals surface area contributed by atoms with Crippen molar-refractivity contribution in [1.82, 2.24) is 0 Å². The maximum atomic E-state index is 13.0. The van der Waals surface area contributed by atoms with Gasteiger partial charge in [-0.05, 0) is 17.7 Å². The van der Waals surface area contributed by atoms with Crippen molar-refractivity contribution in [3.63, 3.8) is 0 Å². The quantitative estimate of drug-likeness (QED) is 0.611. The van der Waals surface area contributed by atoms with Gasteiger partial charge in [0, 0.05) is 31.4 Å². The molecule has 0 N–H and O–H groups in total. The second-order valence-electron chi connectivity index (χ2n) is 6.48. The highest BCUT2D eigenvalue weighted by atomic mass is 16.7. The number of benzene rings is 2. The summed E-state index contributed by atoms with van der Waals surface area (Å²) in [6, 6.07) is 15.5. The number of ether oxygens (including phenoxy) is 2. The fraction of sp³-hybridized carbons (Fsp3) is 0.250. The SMILES string of the molecule is CO[C@@H]1CC=C2N(c3ccc([N+](=O)[O-])cc3)C(=O)C[C@]2(c2ccccc2)O1. The second kappa shape index (κ2) is 6.61. The van der Waals surface area contributed by atoms with Gasteiger partial charge in [0.05, 0.1) is 17.0 Å². The van der Waals surface area contributed by atoms with E-state index in [0.29, 0.717) is 12.1 Å². The van der Waals surface area contributed by atoms with Crippen LogP contribution in [0.4, 0.5) is 11.4 Å². The first kappa shape index (κ1) is 17.4. The van der Waals surface area contributed by atoms with Gasteiger partial charge in [-0.25, -0.2) is 0 Å². The largest absolute Gasteiger partial charge is 0.356 e. The van der Waals surface area contributed by atoms with E-state index >= 15 is 0 Å². The molecule has 2 aromatic rings. The first-order chi connectivity index (χ1) is 13.0. The number of non-ortho nitro benzene ring substituents is 1. The Labute approximate surface area is 156 Å². The molecule has 0 bridgehead atoms. The number of amides is 1. The summed E-state index contributed by atoms with van der Waals surface area (Å²) in [5.74, 6) is -0.129. The van der Waals surface area contributed by atoms with Gasteiger partial charge in [-0.15, -0.1) is 0 Å². The van der Waals surface area contributed by atoms with Gasteiger partial charge in [0.1, 0.15) is 5.60 Å². The van der Waals surface area contributed by atoms with Crippen LogP contribution in [0, 0.1) is 10.1 Å². The van der Waals surface area contributed by atoms with Crippen LogP contribution in [-0.4, -0.2) is 24.2 Å². The first-order valence-electron chi connectivity index (χ1n) is 8.59. The molecule has 138 valence electrons. The predicted molar refractivity (Wildman–Crippen MR) is 97.9 cm³/mol. The van der Waals surface area contributed by atoms with Crippen molar-refractivity contribution in [2.45, 2.75) is 24.7 Å². The Hall–Kier alpha value is -3.03. The normalized spacial score (nSPS) is 24.5. The lowest BCUT2D eigenvalue weighted by atomic mass is 9.87. The van der Waals surface area contributed by atoms with Crippen LogP contribution in [0.25, 0.3) is 0 Å². The van der Waals surface area contributed by atoms with Gasteiger partial charge in [-0.2, -0.15) is 0 Å². The number of fused-ring (bicyclic) bond motifs is 1.